The average molecular weight is 391 g/mol. The monoisotopic (exact) mass is 391 g/mol. The van der Waals surface area contributed by atoms with Gasteiger partial charge in [0.25, 0.3) is 0 Å². The molecule has 0 radical (unpaired) electrons. The van der Waals surface area contributed by atoms with Gasteiger partial charge in [-0.05, 0) is 32.9 Å². The lowest BCUT2D eigenvalue weighted by Gasteiger charge is -2.19. The fourth-order valence-corrected chi connectivity index (χ4v) is 3.28. The minimum absolute atomic E-state index is 0.000272. The molecular weight excluding hydrogens is 366 g/mol. The number of benzene rings is 1. The summed E-state index contributed by atoms with van der Waals surface area (Å²) in [4.78, 5) is 28.4. The summed E-state index contributed by atoms with van der Waals surface area (Å²) in [6.45, 7) is 6.23. The van der Waals surface area contributed by atoms with Crippen LogP contribution in [-0.4, -0.2) is 44.5 Å². The van der Waals surface area contributed by atoms with Gasteiger partial charge in [0, 0.05) is 23.7 Å². The van der Waals surface area contributed by atoms with Crippen molar-refractivity contribution >= 4 is 23.7 Å². The van der Waals surface area contributed by atoms with Crippen LogP contribution < -0.4 is 5.32 Å². The van der Waals surface area contributed by atoms with Crippen LogP contribution in [0.5, 0.6) is 0 Å². The minimum Gasteiger partial charge on any atom is -0.476 e. The lowest BCUT2D eigenvalue weighted by atomic mass is 10.2. The number of carbonyl (C=O) groups excluding carboxylic acids is 1. The molecule has 0 aliphatic carbocycles. The van der Waals surface area contributed by atoms with Crippen molar-refractivity contribution in [2.75, 3.05) is 12.3 Å². The number of hydrogen-bond donors (Lipinski definition) is 2. The summed E-state index contributed by atoms with van der Waals surface area (Å²) in [5.74, 6) is -0.693. The molecule has 2 rings (SSSR count). The molecule has 146 valence electrons. The third-order valence-corrected chi connectivity index (χ3v) is 4.47. The molecule has 0 aliphatic rings. The van der Waals surface area contributed by atoms with Gasteiger partial charge in [-0.25, -0.2) is 9.78 Å². The SMILES string of the molecule is CC(C)(C)OC(=O)CNCc1c(C(=O)O)ncn1CCSc1ccccc1. The van der Waals surface area contributed by atoms with Crippen LogP contribution in [0.15, 0.2) is 41.6 Å². The van der Waals surface area contributed by atoms with Crippen LogP contribution in [-0.2, 0) is 22.6 Å². The highest BCUT2D eigenvalue weighted by Gasteiger charge is 2.19. The van der Waals surface area contributed by atoms with Gasteiger partial charge in [-0.1, -0.05) is 18.2 Å². The van der Waals surface area contributed by atoms with E-state index < -0.39 is 11.6 Å². The fraction of sp³-hybridized carbons (Fsp3) is 0.421. The molecule has 0 bridgehead atoms. The summed E-state index contributed by atoms with van der Waals surface area (Å²) in [5.41, 5.74) is -0.0161. The Morgan fingerprint density at radius 3 is 2.59 bits per heavy atom. The summed E-state index contributed by atoms with van der Waals surface area (Å²) in [5, 5.41) is 12.3. The van der Waals surface area contributed by atoms with E-state index in [1.165, 1.54) is 6.33 Å². The highest BCUT2D eigenvalue weighted by molar-refractivity contribution is 7.99. The second kappa shape index (κ2) is 9.57. The molecule has 0 saturated heterocycles. The van der Waals surface area contributed by atoms with Crippen molar-refractivity contribution in [1.82, 2.24) is 14.9 Å². The predicted octanol–water partition coefficient (Wildman–Crippen LogP) is 2.80. The Labute approximate surface area is 163 Å². The number of rotatable bonds is 9. The highest BCUT2D eigenvalue weighted by Crippen LogP contribution is 2.18. The highest BCUT2D eigenvalue weighted by atomic mass is 32.2. The van der Waals surface area contributed by atoms with Crippen molar-refractivity contribution in [3.63, 3.8) is 0 Å². The molecule has 7 nitrogen and oxygen atoms in total. The summed E-state index contributed by atoms with van der Waals surface area (Å²) in [6.07, 6.45) is 1.53. The molecule has 0 amide bonds. The first-order chi connectivity index (χ1) is 12.8. The smallest absolute Gasteiger partial charge is 0.356 e. The van der Waals surface area contributed by atoms with Crippen LogP contribution in [0.4, 0.5) is 0 Å². The standard InChI is InChI=1S/C19H25N3O4S/c1-19(2,3)26-16(23)12-20-11-15-17(18(24)25)21-13-22(15)9-10-27-14-7-5-4-6-8-14/h4-8,13,20H,9-12H2,1-3H3,(H,24,25). The van der Waals surface area contributed by atoms with E-state index in [0.29, 0.717) is 12.2 Å². The molecule has 0 aliphatic heterocycles. The van der Waals surface area contributed by atoms with Crippen LogP contribution in [0.2, 0.25) is 0 Å². The first kappa shape index (κ1) is 21.0. The number of aryl methyl sites for hydroxylation is 1. The Kier molecular flexibility index (Phi) is 7.44. The van der Waals surface area contributed by atoms with Gasteiger partial charge < -0.3 is 19.7 Å². The number of carbonyl (C=O) groups is 2. The predicted molar refractivity (Wildman–Crippen MR) is 104 cm³/mol. The first-order valence-corrected chi connectivity index (χ1v) is 9.62. The number of carboxylic acids is 1. The van der Waals surface area contributed by atoms with Gasteiger partial charge in [0.2, 0.25) is 0 Å². The van der Waals surface area contributed by atoms with Gasteiger partial charge in [0.1, 0.15) is 5.60 Å². The van der Waals surface area contributed by atoms with E-state index in [-0.39, 0.29) is 24.8 Å². The molecule has 0 atom stereocenters. The van der Waals surface area contributed by atoms with Gasteiger partial charge in [-0.15, -0.1) is 11.8 Å². The third kappa shape index (κ3) is 7.07. The van der Waals surface area contributed by atoms with Crippen molar-refractivity contribution in [2.24, 2.45) is 0 Å². The van der Waals surface area contributed by atoms with Crippen molar-refractivity contribution < 1.29 is 19.4 Å². The summed E-state index contributed by atoms with van der Waals surface area (Å²) >= 11 is 1.69. The first-order valence-electron chi connectivity index (χ1n) is 8.64. The second-order valence-electron chi connectivity index (χ2n) is 6.89. The van der Waals surface area contributed by atoms with Gasteiger partial charge in [-0.2, -0.15) is 0 Å². The molecule has 0 fully saturated rings. The number of aromatic nitrogens is 2. The van der Waals surface area contributed by atoms with E-state index >= 15 is 0 Å². The fourth-order valence-electron chi connectivity index (χ4n) is 2.40. The molecule has 1 aromatic heterocycles. The van der Waals surface area contributed by atoms with Crippen LogP contribution in [0, 0.1) is 0 Å². The third-order valence-electron chi connectivity index (χ3n) is 3.47. The van der Waals surface area contributed by atoms with Crippen LogP contribution in [0.3, 0.4) is 0 Å². The molecule has 0 spiro atoms. The zero-order valence-electron chi connectivity index (χ0n) is 15.8. The zero-order valence-corrected chi connectivity index (χ0v) is 16.6. The molecule has 2 N–H and O–H groups in total. The van der Waals surface area contributed by atoms with Crippen LogP contribution in [0.1, 0.15) is 37.0 Å². The van der Waals surface area contributed by atoms with E-state index in [2.05, 4.69) is 10.3 Å². The lowest BCUT2D eigenvalue weighted by Crippen LogP contribution is -2.32. The molecular formula is C19H25N3O4S. The van der Waals surface area contributed by atoms with Crippen molar-refractivity contribution in [2.45, 2.75) is 44.4 Å². The normalized spacial score (nSPS) is 11.4. The Morgan fingerprint density at radius 1 is 1.26 bits per heavy atom. The number of carboxylic acid groups (broad SMARTS) is 1. The number of ether oxygens (including phenoxy) is 1. The number of thioether (sulfide) groups is 1. The summed E-state index contributed by atoms with van der Waals surface area (Å²) < 4.78 is 7.04. The minimum atomic E-state index is -1.08. The number of nitrogens with zero attached hydrogens (tertiary/aromatic N) is 2. The van der Waals surface area contributed by atoms with Crippen LogP contribution in [0.25, 0.3) is 0 Å². The molecule has 1 aromatic carbocycles. The topological polar surface area (TPSA) is 93.4 Å². The van der Waals surface area contributed by atoms with E-state index in [0.717, 1.165) is 10.6 Å². The maximum absolute atomic E-state index is 11.8. The molecule has 2 aromatic rings. The maximum atomic E-state index is 11.8. The van der Waals surface area contributed by atoms with Gasteiger partial charge in [0.15, 0.2) is 5.69 Å². The number of imidazole rings is 1. The van der Waals surface area contributed by atoms with E-state index in [9.17, 15) is 14.7 Å². The zero-order chi connectivity index (χ0) is 19.9. The quantitative estimate of drug-likeness (QED) is 0.501. The number of aromatic carboxylic acids is 1. The van der Waals surface area contributed by atoms with Crippen molar-refractivity contribution in [3.05, 3.63) is 48.0 Å². The van der Waals surface area contributed by atoms with Crippen molar-refractivity contribution in [1.29, 1.82) is 0 Å². The van der Waals surface area contributed by atoms with Gasteiger partial charge >= 0.3 is 11.9 Å². The number of hydrogen-bond acceptors (Lipinski definition) is 6. The molecule has 27 heavy (non-hydrogen) atoms. The van der Waals surface area contributed by atoms with E-state index in [1.54, 1.807) is 32.5 Å². The molecule has 1 heterocycles. The number of nitrogens with one attached hydrogen (secondary N) is 1. The Balaban J connectivity index is 1.94. The second-order valence-corrected chi connectivity index (χ2v) is 8.06. The molecule has 8 heteroatoms. The summed E-state index contributed by atoms with van der Waals surface area (Å²) in [7, 11) is 0. The van der Waals surface area contributed by atoms with Gasteiger partial charge in [0.05, 0.1) is 18.6 Å². The molecule has 0 unspecified atom stereocenters. The van der Waals surface area contributed by atoms with Crippen molar-refractivity contribution in [3.8, 4) is 0 Å². The average Bonchev–Trinajstić information content (AvgIpc) is 2.97. The lowest BCUT2D eigenvalue weighted by molar-refractivity contribution is -0.153. The maximum Gasteiger partial charge on any atom is 0.356 e. The van der Waals surface area contributed by atoms with E-state index in [1.807, 2.05) is 34.9 Å². The van der Waals surface area contributed by atoms with Gasteiger partial charge in [-0.3, -0.25) is 4.79 Å². The van der Waals surface area contributed by atoms with E-state index in [4.69, 9.17) is 4.74 Å². The Hall–Kier alpha value is -2.32. The summed E-state index contributed by atoms with van der Waals surface area (Å²) in [6, 6.07) is 9.99. The van der Waals surface area contributed by atoms with Crippen LogP contribution >= 0.6 is 11.8 Å². The number of esters is 1. The Bertz CT molecular complexity index is 769. The Morgan fingerprint density at radius 2 is 1.96 bits per heavy atom. The largest absolute Gasteiger partial charge is 0.476 e. The molecule has 0 saturated carbocycles.